The summed E-state index contributed by atoms with van der Waals surface area (Å²) in [5.41, 5.74) is 6.37. The number of benzene rings is 1. The number of nitrogens with zero attached hydrogens (tertiary/aromatic N) is 7. The average Bonchev–Trinajstić information content (AvgIpc) is 1.59. The van der Waals surface area contributed by atoms with Crippen LogP contribution in [0.3, 0.4) is 0 Å². The predicted molar refractivity (Wildman–Crippen MR) is 343 cm³/mol. The molecule has 2 heterocycles. The summed E-state index contributed by atoms with van der Waals surface area (Å²) in [6, 6.07) is 7.28. The summed E-state index contributed by atoms with van der Waals surface area (Å²) < 4.78 is 28.4. The van der Waals surface area contributed by atoms with Gasteiger partial charge in [-0.25, -0.2) is 4.85 Å². The molecule has 0 radical (unpaired) electrons. The van der Waals surface area contributed by atoms with Gasteiger partial charge in [-0.2, -0.15) is 0 Å². The molecular formula is C57H84N10Na2O17S2. The SMILES string of the molecule is C.C#CC#CC#CC#CC(CC(=O)NCCCOCCOCCOCCN(CCOCCOCCCNC(=O)CC(C#CC#CC#CC#C)C(=O)[O-])c1ccc(N=Nc2sc([N+](=O)[O-])cc2[N+](=O)[O-])c(C)c1)C(=O)[O-].[C-]#[N+]c1cc([N+](=O)[O-])c(N)s1.[HH].[HH].[HH].[HH].[HH].[HH].[HH].[HH].[HH].[HH].[HH].[HH].[HH].[HH].[Na+].[Na+]. The van der Waals surface area contributed by atoms with Gasteiger partial charge in [-0.05, 0) is 126 Å². The van der Waals surface area contributed by atoms with Crippen LogP contribution in [-0.4, -0.2) is 131 Å². The van der Waals surface area contributed by atoms with E-state index in [2.05, 4.69) is 109 Å². The number of amides is 2. The predicted octanol–water partition coefficient (Wildman–Crippen LogP) is 0.867. The fraction of sp³-hybridized carbons (Fsp3) is 0.386. The van der Waals surface area contributed by atoms with Crippen LogP contribution >= 0.6 is 22.7 Å². The first-order valence-electron chi connectivity index (χ1n) is 24.8. The molecule has 31 heteroatoms. The van der Waals surface area contributed by atoms with Crippen molar-refractivity contribution in [1.82, 2.24) is 10.6 Å². The van der Waals surface area contributed by atoms with E-state index in [9.17, 15) is 59.7 Å². The van der Waals surface area contributed by atoms with Gasteiger partial charge in [-0.15, -0.1) is 34.4 Å². The van der Waals surface area contributed by atoms with Gasteiger partial charge in [0.25, 0.3) is 5.69 Å². The van der Waals surface area contributed by atoms with Crippen molar-refractivity contribution >= 4 is 89.2 Å². The van der Waals surface area contributed by atoms with E-state index in [-0.39, 0.29) is 160 Å². The second-order valence-electron chi connectivity index (χ2n) is 16.1. The first kappa shape index (κ1) is 81.7. The van der Waals surface area contributed by atoms with Crippen LogP contribution in [-0.2, 0) is 42.9 Å². The van der Waals surface area contributed by atoms with E-state index in [0.29, 0.717) is 74.9 Å². The number of aliphatic carboxylic acids is 2. The van der Waals surface area contributed by atoms with Crippen LogP contribution in [0.25, 0.3) is 4.85 Å². The number of terminal acetylenes is 2. The molecule has 0 saturated carbocycles. The summed E-state index contributed by atoms with van der Waals surface area (Å²) in [6.07, 6.45) is 10.0. The van der Waals surface area contributed by atoms with Gasteiger partial charge in [0.2, 0.25) is 21.8 Å². The zero-order valence-electron chi connectivity index (χ0n) is 47.4. The fourth-order valence-corrected chi connectivity index (χ4v) is 7.52. The van der Waals surface area contributed by atoms with Crippen LogP contribution in [0, 0.1) is 151 Å². The minimum absolute atomic E-state index is 0. The third-order valence-corrected chi connectivity index (χ3v) is 11.9. The Morgan fingerprint density at radius 3 is 1.50 bits per heavy atom. The molecule has 0 fully saturated rings. The molecule has 3 aromatic rings. The zero-order valence-corrected chi connectivity index (χ0v) is 53.0. The second-order valence-corrected chi connectivity index (χ2v) is 18.2. The number of nitrogens with one attached hydrogen (secondary N) is 2. The Morgan fingerprint density at radius 2 is 1.10 bits per heavy atom. The zero-order chi connectivity index (χ0) is 62.6. The third-order valence-electron chi connectivity index (χ3n) is 10.1. The maximum absolute atomic E-state index is 12.2. The summed E-state index contributed by atoms with van der Waals surface area (Å²) in [5.74, 6) is 25.2. The van der Waals surface area contributed by atoms with E-state index in [1.54, 1.807) is 19.1 Å². The number of thiophene rings is 2. The Hall–Kier alpha value is -8.33. The number of nitro groups is 3. The van der Waals surface area contributed by atoms with Gasteiger partial charge in [-0.3, -0.25) is 39.9 Å². The largest absolute Gasteiger partial charge is 1.00 e. The topological polar surface area (TPSA) is 372 Å². The molecule has 0 aliphatic carbocycles. The van der Waals surface area contributed by atoms with E-state index < -0.39 is 73.9 Å². The van der Waals surface area contributed by atoms with E-state index in [1.165, 1.54) is 6.07 Å². The van der Waals surface area contributed by atoms with Crippen molar-refractivity contribution in [1.29, 1.82) is 0 Å². The molecular weight excluding hydrogens is 1210 g/mol. The maximum atomic E-state index is 12.2. The number of ether oxygens (including phenoxy) is 5. The Morgan fingerprint density at radius 1 is 0.659 bits per heavy atom. The summed E-state index contributed by atoms with van der Waals surface area (Å²) in [4.78, 5) is 82.8. The van der Waals surface area contributed by atoms with E-state index in [4.69, 9.17) is 48.8 Å². The van der Waals surface area contributed by atoms with Gasteiger partial charge >= 0.3 is 69.8 Å². The number of nitrogens with two attached hydrogens (primary N) is 1. The number of hydrogen-bond acceptors (Lipinski definition) is 23. The molecule has 0 spiro atoms. The van der Waals surface area contributed by atoms with Gasteiger partial charge < -0.3 is 64.8 Å². The number of hydrogen-bond donors (Lipinski definition) is 3. The molecule has 478 valence electrons. The van der Waals surface area contributed by atoms with Gasteiger partial charge in [0.1, 0.15) is 6.07 Å². The van der Waals surface area contributed by atoms with Crippen molar-refractivity contribution in [3.8, 4) is 95.7 Å². The van der Waals surface area contributed by atoms with Crippen LogP contribution in [0.4, 0.5) is 42.8 Å². The van der Waals surface area contributed by atoms with E-state index in [0.717, 1.165) is 23.1 Å². The minimum Gasteiger partial charge on any atom is -0.549 e. The fourth-order valence-electron chi connectivity index (χ4n) is 6.08. The number of carbonyl (C=O) groups is 4. The third kappa shape index (κ3) is 36.0. The standard InChI is InChI=1S/C51H51N7O15S.C5H3N3O2S.CH4.2Na.14H2/c1-4-6-8-10-12-14-18-41(50(61)62)37-46(59)52-22-16-26-69-30-32-71-28-24-56(43-20-21-44(40(3)36-43)54-55-49-45(57(65)66)39-48(74-49)58(67)68)25-29-72-33-35-73-34-31-70-27-17-23-53-47(60)38-42(51(63)64)19-15-13-11-9-7-5-2;1-7-4-2-3(8(9)10)5(6)11-4;;;;;;;;;;;;;;;;;/h1-2,20-21,36,39,41-42H,16-17,22-35,37-38H2,3H3,(H,52,59)(H,53,60)(H,61,62)(H,63,64);2H,6H2;1H4;;;14*1H/q;;;2*+1;;;;;;;;;;;;;;/p-2. The van der Waals surface area contributed by atoms with Crippen molar-refractivity contribution in [2.75, 3.05) is 103 Å². The molecule has 2 atom stereocenters. The number of carboxylic acids is 2. The van der Waals surface area contributed by atoms with Crippen LogP contribution in [0.2, 0.25) is 0 Å². The summed E-state index contributed by atoms with van der Waals surface area (Å²) in [6.45, 7) is 12.5. The van der Waals surface area contributed by atoms with Crippen LogP contribution < -0.4 is 90.6 Å². The quantitative estimate of drug-likeness (QED) is 0.0140. The molecule has 2 amide bonds. The number of carboxylic acid groups (broad SMARTS) is 2. The van der Waals surface area contributed by atoms with E-state index in [1.807, 2.05) is 11.0 Å². The molecule has 0 bridgehead atoms. The van der Waals surface area contributed by atoms with Crippen molar-refractivity contribution in [2.45, 2.75) is 40.0 Å². The van der Waals surface area contributed by atoms with Gasteiger partial charge in [0.15, 0.2) is 5.00 Å². The molecule has 27 nitrogen and oxygen atoms in total. The number of anilines is 2. The monoisotopic (exact) mass is 1290 g/mol. The molecule has 0 aliphatic heterocycles. The first-order valence-corrected chi connectivity index (χ1v) is 26.4. The maximum Gasteiger partial charge on any atom is 1.00 e. The van der Waals surface area contributed by atoms with Crippen molar-refractivity contribution in [3.63, 3.8) is 0 Å². The smallest absolute Gasteiger partial charge is 0.549 e. The van der Waals surface area contributed by atoms with Crippen LogP contribution in [0.5, 0.6) is 0 Å². The summed E-state index contributed by atoms with van der Waals surface area (Å²) in [5, 5.41) is 68.5. The molecule has 4 N–H and O–H groups in total. The first-order chi connectivity index (χ1) is 40.9. The molecule has 0 aliphatic rings. The number of rotatable bonds is 35. The summed E-state index contributed by atoms with van der Waals surface area (Å²) >= 11 is 1.46. The summed E-state index contributed by atoms with van der Waals surface area (Å²) in [7, 11) is 0. The van der Waals surface area contributed by atoms with Crippen molar-refractivity contribution in [3.05, 3.63) is 77.7 Å². The Balaban J connectivity index is -0.000000172. The molecule has 1 aromatic carbocycles. The molecule has 88 heavy (non-hydrogen) atoms. The molecule has 2 aromatic heterocycles. The normalized spacial score (nSPS) is 10.1. The molecule has 3 rings (SSSR count). The van der Waals surface area contributed by atoms with Gasteiger partial charge in [0, 0.05) is 84.0 Å². The minimum atomic E-state index is -1.51. The Labute approximate surface area is 581 Å². The van der Waals surface area contributed by atoms with E-state index >= 15 is 0 Å². The van der Waals surface area contributed by atoms with Crippen LogP contribution in [0.1, 0.15) is 58.6 Å². The Kier molecular flexibility index (Phi) is 46.2. The van der Waals surface area contributed by atoms with Crippen LogP contribution in [0.15, 0.2) is 40.6 Å². The van der Waals surface area contributed by atoms with Crippen molar-refractivity contribution < 1.29 is 147 Å². The average molecular weight is 1290 g/mol. The van der Waals surface area contributed by atoms with Gasteiger partial charge in [-0.1, -0.05) is 19.3 Å². The molecule has 0 saturated heterocycles. The number of azo groups is 1. The number of carbonyl (C=O) groups excluding carboxylic acids is 4. The van der Waals surface area contributed by atoms with Gasteiger partial charge in [0.05, 0.1) is 104 Å². The number of nitrogen functional groups attached to an aromatic ring is 1. The van der Waals surface area contributed by atoms with Crippen molar-refractivity contribution in [2.24, 2.45) is 22.1 Å². The Bertz CT molecular complexity index is 3450. The second kappa shape index (κ2) is 49.8. The molecule has 2 unspecified atom stereocenters. The number of aryl methyl sites for hydroxylation is 1.